The first kappa shape index (κ1) is 17.3. The van der Waals surface area contributed by atoms with Crippen molar-refractivity contribution in [2.24, 2.45) is 11.7 Å². The third-order valence-corrected chi connectivity index (χ3v) is 4.65. The molecule has 0 aliphatic carbocycles. The highest BCUT2D eigenvalue weighted by Crippen LogP contribution is 2.37. The molecule has 0 saturated carbocycles. The zero-order valence-electron chi connectivity index (χ0n) is 11.7. The number of benzene rings is 1. The summed E-state index contributed by atoms with van der Waals surface area (Å²) in [4.78, 5) is 13.3. The monoisotopic (exact) mass is 348 g/mol. The quantitative estimate of drug-likeness (QED) is 0.646. The lowest BCUT2D eigenvalue weighted by Crippen LogP contribution is -2.40. The van der Waals surface area contributed by atoms with Crippen LogP contribution in [0.4, 0.5) is 0 Å². The van der Waals surface area contributed by atoms with E-state index in [1.165, 1.54) is 17.0 Å². The van der Waals surface area contributed by atoms with Crippen molar-refractivity contribution in [3.8, 4) is 5.75 Å². The lowest BCUT2D eigenvalue weighted by Gasteiger charge is -2.23. The van der Waals surface area contributed by atoms with Gasteiger partial charge in [-0.1, -0.05) is 23.2 Å². The summed E-state index contributed by atoms with van der Waals surface area (Å²) < 4.78 is 0. The maximum atomic E-state index is 11.8. The summed E-state index contributed by atoms with van der Waals surface area (Å²) in [6.07, 6.45) is -0.779. The fourth-order valence-electron chi connectivity index (χ4n) is 2.64. The first-order valence-corrected chi connectivity index (χ1v) is 7.62. The van der Waals surface area contributed by atoms with E-state index in [-0.39, 0.29) is 16.7 Å². The average molecular weight is 349 g/mol. The van der Waals surface area contributed by atoms with Gasteiger partial charge in [0.2, 0.25) is 0 Å². The molecule has 3 atom stereocenters. The van der Waals surface area contributed by atoms with Crippen LogP contribution < -0.4 is 5.73 Å². The van der Waals surface area contributed by atoms with Gasteiger partial charge in [-0.2, -0.15) is 0 Å². The van der Waals surface area contributed by atoms with Crippen molar-refractivity contribution in [3.05, 3.63) is 27.7 Å². The second kappa shape index (κ2) is 7.02. The maximum absolute atomic E-state index is 11.8. The lowest BCUT2D eigenvalue weighted by atomic mass is 9.92. The highest BCUT2D eigenvalue weighted by Gasteiger charge is 2.34. The molecule has 8 heteroatoms. The van der Waals surface area contributed by atoms with E-state index in [4.69, 9.17) is 34.0 Å². The smallest absolute Gasteiger partial charge is 0.253 e. The standard InChI is InChI=1S/C14H18Cl2N2O4/c15-9-3-8(11(20)4-10(9)16)13(17)7-1-2-18(5-7)14(22)12(21)6-19/h3-4,7,12-13,19-21H,1-2,5-6,17H2/t7-,12+,13+/m0/s1. The second-order valence-electron chi connectivity index (χ2n) is 5.38. The Bertz CT molecular complexity index is 570. The van der Waals surface area contributed by atoms with Crippen molar-refractivity contribution < 1.29 is 20.1 Å². The van der Waals surface area contributed by atoms with Crippen molar-refractivity contribution in [2.75, 3.05) is 19.7 Å². The Kier molecular flexibility index (Phi) is 5.52. The number of hydrogen-bond acceptors (Lipinski definition) is 5. The number of nitrogens with zero attached hydrogens (tertiary/aromatic N) is 1. The number of aliphatic hydroxyl groups excluding tert-OH is 2. The van der Waals surface area contributed by atoms with E-state index in [0.717, 1.165) is 0 Å². The van der Waals surface area contributed by atoms with E-state index >= 15 is 0 Å². The fourth-order valence-corrected chi connectivity index (χ4v) is 2.97. The fraction of sp³-hybridized carbons (Fsp3) is 0.500. The van der Waals surface area contributed by atoms with Crippen molar-refractivity contribution in [3.63, 3.8) is 0 Å². The van der Waals surface area contributed by atoms with E-state index < -0.39 is 24.7 Å². The lowest BCUT2D eigenvalue weighted by molar-refractivity contribution is -0.141. The number of amides is 1. The van der Waals surface area contributed by atoms with Gasteiger partial charge in [-0.3, -0.25) is 4.79 Å². The second-order valence-corrected chi connectivity index (χ2v) is 6.20. The van der Waals surface area contributed by atoms with Crippen LogP contribution in [0.3, 0.4) is 0 Å². The van der Waals surface area contributed by atoms with Crippen LogP contribution >= 0.6 is 23.2 Å². The van der Waals surface area contributed by atoms with Crippen LogP contribution in [0.1, 0.15) is 18.0 Å². The van der Waals surface area contributed by atoms with Crippen LogP contribution in [0.25, 0.3) is 0 Å². The third kappa shape index (κ3) is 3.47. The summed E-state index contributed by atoms with van der Waals surface area (Å²) >= 11 is 11.8. The Morgan fingerprint density at radius 3 is 2.68 bits per heavy atom. The number of halogens is 2. The van der Waals surface area contributed by atoms with Crippen LogP contribution in [0.5, 0.6) is 5.75 Å². The molecule has 1 aliphatic heterocycles. The first-order valence-electron chi connectivity index (χ1n) is 6.86. The van der Waals surface area contributed by atoms with Crippen LogP contribution in [0.15, 0.2) is 12.1 Å². The van der Waals surface area contributed by atoms with Crippen LogP contribution in [0, 0.1) is 5.92 Å². The Labute approximate surface area is 138 Å². The summed E-state index contributed by atoms with van der Waals surface area (Å²) in [6, 6.07) is 2.35. The number of phenols is 1. The molecular formula is C14H18Cl2N2O4. The molecule has 6 nitrogen and oxygen atoms in total. The Morgan fingerprint density at radius 1 is 1.41 bits per heavy atom. The summed E-state index contributed by atoms with van der Waals surface area (Å²) in [7, 11) is 0. The number of rotatable bonds is 4. The maximum Gasteiger partial charge on any atom is 0.253 e. The Balaban J connectivity index is 2.11. The number of aromatic hydroxyl groups is 1. The molecular weight excluding hydrogens is 331 g/mol. The molecule has 1 saturated heterocycles. The molecule has 122 valence electrons. The Hall–Kier alpha value is -1.05. The molecule has 1 amide bonds. The molecule has 1 aliphatic rings. The summed E-state index contributed by atoms with van der Waals surface area (Å²) in [5.74, 6) is -0.643. The highest BCUT2D eigenvalue weighted by molar-refractivity contribution is 6.42. The van der Waals surface area contributed by atoms with Gasteiger partial charge in [0.15, 0.2) is 6.10 Å². The van der Waals surface area contributed by atoms with Gasteiger partial charge in [-0.25, -0.2) is 0 Å². The molecule has 0 bridgehead atoms. The van der Waals surface area contributed by atoms with Gasteiger partial charge in [0.25, 0.3) is 5.91 Å². The molecule has 0 spiro atoms. The molecule has 5 N–H and O–H groups in total. The Morgan fingerprint density at radius 2 is 2.05 bits per heavy atom. The van der Waals surface area contributed by atoms with Crippen molar-refractivity contribution in [2.45, 2.75) is 18.6 Å². The third-order valence-electron chi connectivity index (χ3n) is 3.93. The minimum Gasteiger partial charge on any atom is -0.508 e. The van der Waals surface area contributed by atoms with Crippen LogP contribution in [-0.4, -0.2) is 51.9 Å². The average Bonchev–Trinajstić information content (AvgIpc) is 2.98. The van der Waals surface area contributed by atoms with E-state index in [0.29, 0.717) is 30.1 Å². The molecule has 1 aromatic carbocycles. The summed E-state index contributed by atoms with van der Waals surface area (Å²) in [5.41, 5.74) is 6.65. The molecule has 0 aromatic heterocycles. The van der Waals surface area contributed by atoms with Gasteiger partial charge >= 0.3 is 0 Å². The van der Waals surface area contributed by atoms with E-state index in [2.05, 4.69) is 0 Å². The predicted octanol–water partition coefficient (Wildman–Crippen LogP) is 0.900. The minimum atomic E-state index is -1.41. The number of aliphatic hydroxyl groups is 2. The van der Waals surface area contributed by atoms with E-state index in [1.807, 2.05) is 0 Å². The molecule has 2 rings (SSSR count). The highest BCUT2D eigenvalue weighted by atomic mass is 35.5. The van der Waals surface area contributed by atoms with E-state index in [9.17, 15) is 15.0 Å². The van der Waals surface area contributed by atoms with Gasteiger partial charge in [0.1, 0.15) is 5.75 Å². The van der Waals surface area contributed by atoms with Gasteiger partial charge in [0, 0.05) is 30.8 Å². The molecule has 1 fully saturated rings. The van der Waals surface area contributed by atoms with Crippen molar-refractivity contribution in [1.29, 1.82) is 0 Å². The molecule has 1 heterocycles. The van der Waals surface area contributed by atoms with E-state index in [1.54, 1.807) is 0 Å². The number of carbonyl (C=O) groups is 1. The molecule has 1 aromatic rings. The minimum absolute atomic E-state index is 0.0398. The summed E-state index contributed by atoms with van der Waals surface area (Å²) in [6.45, 7) is 0.173. The van der Waals surface area contributed by atoms with Gasteiger partial charge in [-0.05, 0) is 18.4 Å². The number of likely N-dealkylation sites (tertiary alicyclic amines) is 1. The zero-order valence-corrected chi connectivity index (χ0v) is 13.3. The number of hydrogen-bond donors (Lipinski definition) is 4. The van der Waals surface area contributed by atoms with Crippen molar-refractivity contribution in [1.82, 2.24) is 4.90 Å². The van der Waals surface area contributed by atoms with Gasteiger partial charge in [0.05, 0.1) is 16.7 Å². The number of carbonyl (C=O) groups excluding carboxylic acids is 1. The van der Waals surface area contributed by atoms with Crippen LogP contribution in [0.2, 0.25) is 10.0 Å². The largest absolute Gasteiger partial charge is 0.508 e. The topological polar surface area (TPSA) is 107 Å². The molecule has 0 radical (unpaired) electrons. The zero-order chi connectivity index (χ0) is 16.4. The molecule has 0 unspecified atom stereocenters. The van der Waals surface area contributed by atoms with Crippen LogP contribution in [-0.2, 0) is 4.79 Å². The van der Waals surface area contributed by atoms with Crippen molar-refractivity contribution >= 4 is 29.1 Å². The predicted molar refractivity (Wildman–Crippen MR) is 82.8 cm³/mol. The SMILES string of the molecule is N[C@@H](c1cc(Cl)c(Cl)cc1O)[C@H]1CCN(C(=O)[C@H](O)CO)C1. The summed E-state index contributed by atoms with van der Waals surface area (Å²) in [5, 5.41) is 28.7. The number of phenolic OH excluding ortho intramolecular Hbond substituents is 1. The normalized spacial score (nSPS) is 21.0. The number of nitrogens with two attached hydrogens (primary N) is 1. The molecule has 22 heavy (non-hydrogen) atoms. The van der Waals surface area contributed by atoms with Gasteiger partial charge < -0.3 is 26.0 Å². The van der Waals surface area contributed by atoms with Gasteiger partial charge in [-0.15, -0.1) is 0 Å². The first-order chi connectivity index (χ1) is 10.3.